The van der Waals surface area contributed by atoms with Gasteiger partial charge in [0, 0.05) is 35.1 Å². The second-order valence-electron chi connectivity index (χ2n) is 8.57. The first-order chi connectivity index (χ1) is 14.4. The maximum atomic E-state index is 13.5. The minimum absolute atomic E-state index is 0.00971. The van der Waals surface area contributed by atoms with Crippen LogP contribution in [0.1, 0.15) is 30.7 Å². The third-order valence-corrected chi connectivity index (χ3v) is 6.48. The van der Waals surface area contributed by atoms with Gasteiger partial charge in [-0.25, -0.2) is 0 Å². The number of hydrogen-bond acceptors (Lipinski definition) is 3. The fraction of sp³-hybridized carbons (Fsp3) is 0.333. The molecule has 0 radical (unpaired) electrons. The molecule has 2 aromatic carbocycles. The van der Waals surface area contributed by atoms with Crippen molar-refractivity contribution in [3.8, 4) is 5.75 Å². The van der Waals surface area contributed by atoms with Gasteiger partial charge in [-0.15, -0.1) is 0 Å². The summed E-state index contributed by atoms with van der Waals surface area (Å²) in [5.74, 6) is 0.691. The van der Waals surface area contributed by atoms with Crippen molar-refractivity contribution >= 4 is 22.7 Å². The summed E-state index contributed by atoms with van der Waals surface area (Å²) < 4.78 is 5.44. The van der Waals surface area contributed by atoms with Crippen molar-refractivity contribution in [3.05, 3.63) is 65.4 Å². The normalized spacial score (nSPS) is 20.3. The first-order valence-electron chi connectivity index (χ1n) is 10.2. The van der Waals surface area contributed by atoms with E-state index >= 15 is 0 Å². The van der Waals surface area contributed by atoms with Crippen LogP contribution >= 0.6 is 0 Å². The largest absolute Gasteiger partial charge is 0.496 e. The molecular formula is C24H25N3O3. The van der Waals surface area contributed by atoms with Gasteiger partial charge in [0.1, 0.15) is 18.3 Å². The lowest BCUT2D eigenvalue weighted by molar-refractivity contribution is -0.164. The molecule has 6 heteroatoms. The summed E-state index contributed by atoms with van der Waals surface area (Å²) in [6.07, 6.45) is 0.524. The molecule has 0 saturated carbocycles. The number of hydrogen-bond donors (Lipinski definition) is 1. The topological polar surface area (TPSA) is 65.6 Å². The second kappa shape index (κ2) is 6.62. The van der Waals surface area contributed by atoms with Gasteiger partial charge in [-0.2, -0.15) is 0 Å². The number of benzene rings is 2. The lowest BCUT2D eigenvalue weighted by Gasteiger charge is -2.51. The number of aromatic nitrogens is 1. The van der Waals surface area contributed by atoms with Crippen LogP contribution in [0.5, 0.6) is 5.75 Å². The Morgan fingerprint density at radius 1 is 1.10 bits per heavy atom. The van der Waals surface area contributed by atoms with E-state index in [9.17, 15) is 9.59 Å². The van der Waals surface area contributed by atoms with E-state index in [0.717, 1.165) is 33.5 Å². The number of methoxy groups -OCH3 is 1. The Bertz CT molecular complexity index is 1160. The molecule has 0 bridgehead atoms. The number of fused-ring (bicyclic) bond motifs is 4. The Labute approximate surface area is 175 Å². The SMILES string of the molecule is COc1ccccc1CN1CC(=O)N2C(Cc3c([nH]c4ccccc34)C2(C)C)C1=O. The number of nitrogens with one attached hydrogen (secondary N) is 1. The Morgan fingerprint density at radius 3 is 2.63 bits per heavy atom. The van der Waals surface area contributed by atoms with Crippen LogP contribution in [0, 0.1) is 0 Å². The molecule has 2 aliphatic heterocycles. The van der Waals surface area contributed by atoms with Gasteiger partial charge >= 0.3 is 0 Å². The van der Waals surface area contributed by atoms with Gasteiger partial charge in [-0.1, -0.05) is 36.4 Å². The van der Waals surface area contributed by atoms with Crippen molar-refractivity contribution < 1.29 is 14.3 Å². The monoisotopic (exact) mass is 403 g/mol. The maximum absolute atomic E-state index is 13.5. The quantitative estimate of drug-likeness (QED) is 0.730. The van der Waals surface area contributed by atoms with Crippen LogP contribution in [0.3, 0.4) is 0 Å². The van der Waals surface area contributed by atoms with Gasteiger partial charge in [0.2, 0.25) is 11.8 Å². The molecule has 1 unspecified atom stereocenters. The third kappa shape index (κ3) is 2.63. The van der Waals surface area contributed by atoms with E-state index in [1.165, 1.54) is 0 Å². The van der Waals surface area contributed by atoms with Crippen LogP contribution < -0.4 is 4.74 Å². The number of piperazine rings is 1. The highest BCUT2D eigenvalue weighted by atomic mass is 16.5. The molecule has 3 aromatic rings. The highest BCUT2D eigenvalue weighted by Gasteiger charge is 2.51. The number of nitrogens with zero attached hydrogens (tertiary/aromatic N) is 2. The summed E-state index contributed by atoms with van der Waals surface area (Å²) in [7, 11) is 1.62. The molecule has 3 heterocycles. The number of amides is 2. The molecule has 1 atom stereocenters. The predicted octanol–water partition coefficient (Wildman–Crippen LogP) is 3.21. The van der Waals surface area contributed by atoms with Crippen LogP contribution in [-0.4, -0.2) is 46.3 Å². The molecule has 5 rings (SSSR count). The number of H-pyrrole nitrogens is 1. The minimum atomic E-state index is -0.583. The van der Waals surface area contributed by atoms with Crippen molar-refractivity contribution in [2.24, 2.45) is 0 Å². The van der Waals surface area contributed by atoms with E-state index in [-0.39, 0.29) is 18.4 Å². The number of rotatable bonds is 3. The highest BCUT2D eigenvalue weighted by molar-refractivity contribution is 5.97. The highest BCUT2D eigenvalue weighted by Crippen LogP contribution is 2.42. The second-order valence-corrected chi connectivity index (χ2v) is 8.57. The molecule has 2 aliphatic rings. The van der Waals surface area contributed by atoms with Crippen LogP contribution in [-0.2, 0) is 28.1 Å². The smallest absolute Gasteiger partial charge is 0.246 e. The molecule has 0 spiro atoms. The molecule has 2 amide bonds. The van der Waals surface area contributed by atoms with E-state index in [0.29, 0.717) is 13.0 Å². The lowest BCUT2D eigenvalue weighted by Crippen LogP contribution is -2.66. The van der Waals surface area contributed by atoms with Gasteiger partial charge in [0.15, 0.2) is 0 Å². The van der Waals surface area contributed by atoms with Crippen LogP contribution in [0.15, 0.2) is 48.5 Å². The van der Waals surface area contributed by atoms with Crippen molar-refractivity contribution in [2.75, 3.05) is 13.7 Å². The molecule has 1 N–H and O–H groups in total. The first-order valence-corrected chi connectivity index (χ1v) is 10.2. The number of ether oxygens (including phenoxy) is 1. The van der Waals surface area contributed by atoms with Gasteiger partial charge in [-0.3, -0.25) is 9.59 Å². The van der Waals surface area contributed by atoms with Crippen molar-refractivity contribution in [1.29, 1.82) is 0 Å². The Kier molecular flexibility index (Phi) is 4.13. The summed E-state index contributed by atoms with van der Waals surface area (Å²) in [6.45, 7) is 4.48. The number of carbonyl (C=O) groups excluding carboxylic acids is 2. The van der Waals surface area contributed by atoms with Gasteiger partial charge < -0.3 is 19.5 Å². The molecule has 30 heavy (non-hydrogen) atoms. The molecular weight excluding hydrogens is 378 g/mol. The standard InChI is InChI=1S/C24H25N3O3/c1-24(2)22-17(16-9-5-6-10-18(16)25-22)12-19-23(29)26(14-21(28)27(19)24)13-15-8-4-7-11-20(15)30-3/h4-11,19,25H,12-14H2,1-3H3. The van der Waals surface area contributed by atoms with E-state index in [1.54, 1.807) is 16.9 Å². The number of carbonyl (C=O) groups is 2. The van der Waals surface area contributed by atoms with Crippen molar-refractivity contribution in [2.45, 2.75) is 38.4 Å². The van der Waals surface area contributed by atoms with Crippen molar-refractivity contribution in [3.63, 3.8) is 0 Å². The Balaban J connectivity index is 1.54. The lowest BCUT2D eigenvalue weighted by atomic mass is 9.82. The average molecular weight is 403 g/mol. The van der Waals surface area contributed by atoms with E-state index < -0.39 is 11.6 Å². The van der Waals surface area contributed by atoms with Crippen LogP contribution in [0.25, 0.3) is 10.9 Å². The molecule has 6 nitrogen and oxygen atoms in total. The van der Waals surface area contributed by atoms with E-state index in [2.05, 4.69) is 11.1 Å². The Morgan fingerprint density at radius 2 is 1.83 bits per heavy atom. The fourth-order valence-electron chi connectivity index (χ4n) is 5.11. The fourth-order valence-corrected chi connectivity index (χ4v) is 5.11. The predicted molar refractivity (Wildman–Crippen MR) is 114 cm³/mol. The van der Waals surface area contributed by atoms with Crippen LogP contribution in [0.2, 0.25) is 0 Å². The van der Waals surface area contributed by atoms with Crippen molar-refractivity contribution in [1.82, 2.24) is 14.8 Å². The zero-order valence-corrected chi connectivity index (χ0v) is 17.4. The zero-order valence-electron chi connectivity index (χ0n) is 17.4. The van der Waals surface area contributed by atoms with Crippen LogP contribution in [0.4, 0.5) is 0 Å². The molecule has 1 fully saturated rings. The summed E-state index contributed by atoms with van der Waals surface area (Å²) in [5, 5.41) is 1.13. The van der Waals surface area contributed by atoms with Gasteiger partial charge in [-0.05, 0) is 31.5 Å². The minimum Gasteiger partial charge on any atom is -0.496 e. The van der Waals surface area contributed by atoms with Gasteiger partial charge in [0.25, 0.3) is 0 Å². The summed E-state index contributed by atoms with van der Waals surface area (Å²) in [4.78, 5) is 33.8. The maximum Gasteiger partial charge on any atom is 0.246 e. The molecule has 1 saturated heterocycles. The van der Waals surface area contributed by atoms with Gasteiger partial charge in [0.05, 0.1) is 12.6 Å². The Hall–Kier alpha value is -3.28. The van der Waals surface area contributed by atoms with E-state index in [1.807, 2.05) is 56.3 Å². The summed E-state index contributed by atoms with van der Waals surface area (Å²) >= 11 is 0. The first kappa shape index (κ1) is 18.7. The summed E-state index contributed by atoms with van der Waals surface area (Å²) in [5.41, 5.74) is 3.52. The third-order valence-electron chi connectivity index (χ3n) is 6.48. The van der Waals surface area contributed by atoms with E-state index in [4.69, 9.17) is 4.74 Å². The molecule has 1 aromatic heterocycles. The zero-order chi connectivity index (χ0) is 21.0. The summed E-state index contributed by atoms with van der Waals surface area (Å²) in [6, 6.07) is 15.3. The average Bonchev–Trinajstić information content (AvgIpc) is 3.11. The molecule has 154 valence electrons. The number of para-hydroxylation sites is 2. The molecule has 0 aliphatic carbocycles. The number of aromatic amines is 1.